The Balaban J connectivity index is 2.56. The van der Waals surface area contributed by atoms with E-state index in [1.165, 1.54) is 24.3 Å². The van der Waals surface area contributed by atoms with Crippen molar-refractivity contribution in [1.82, 2.24) is 0 Å². The van der Waals surface area contributed by atoms with Crippen LogP contribution in [0.4, 0.5) is 14.6 Å². The number of hydrogen-bond acceptors (Lipinski definition) is 2. The molecule has 0 saturated carbocycles. The Hall–Kier alpha value is -1.98. The van der Waals surface area contributed by atoms with Crippen LogP contribution in [0.3, 0.4) is 0 Å². The summed E-state index contributed by atoms with van der Waals surface area (Å²) in [4.78, 5) is 21.9. The zero-order valence-electron chi connectivity index (χ0n) is 7.93. The van der Waals surface area contributed by atoms with Crippen molar-refractivity contribution in [3.63, 3.8) is 0 Å². The van der Waals surface area contributed by atoms with Crippen LogP contribution in [0.2, 0.25) is 0 Å². The van der Waals surface area contributed by atoms with Crippen LogP contribution in [0.1, 0.15) is 11.7 Å². The molecule has 0 radical (unpaired) electrons. The van der Waals surface area contributed by atoms with Crippen molar-refractivity contribution >= 4 is 17.6 Å². The lowest BCUT2D eigenvalue weighted by molar-refractivity contribution is -0.150. The Bertz CT molecular complexity index is 463. The van der Waals surface area contributed by atoms with Crippen molar-refractivity contribution in [3.05, 3.63) is 29.8 Å². The van der Waals surface area contributed by atoms with Gasteiger partial charge in [0.15, 0.2) is 5.92 Å². The van der Waals surface area contributed by atoms with Crippen molar-refractivity contribution in [2.24, 2.45) is 5.92 Å². The first-order valence-electron chi connectivity index (χ1n) is 4.49. The summed E-state index contributed by atoms with van der Waals surface area (Å²) in [6.45, 7) is 0. The van der Waals surface area contributed by atoms with Gasteiger partial charge in [0, 0.05) is 5.56 Å². The normalized spacial score (nSPS) is 24.1. The third-order valence-corrected chi connectivity index (χ3v) is 2.46. The number of anilines is 1. The molecule has 16 heavy (non-hydrogen) atoms. The number of fused-ring (bicyclic) bond motifs is 1. The van der Waals surface area contributed by atoms with E-state index in [0.29, 0.717) is 0 Å². The first-order chi connectivity index (χ1) is 7.54. The molecule has 1 aromatic rings. The van der Waals surface area contributed by atoms with E-state index >= 15 is 0 Å². The number of nitrogens with zero attached hydrogens (tertiary/aromatic N) is 1. The van der Waals surface area contributed by atoms with Gasteiger partial charge in [-0.15, -0.1) is 5.12 Å². The molecule has 0 aliphatic carbocycles. The maximum Gasteiger partial charge on any atom is 0.319 e. The van der Waals surface area contributed by atoms with Gasteiger partial charge in [0.05, 0.1) is 5.69 Å². The lowest BCUT2D eigenvalue weighted by Crippen LogP contribution is -2.41. The number of rotatable bonds is 1. The van der Waals surface area contributed by atoms with Gasteiger partial charge < -0.3 is 5.11 Å². The number of amides is 1. The number of para-hydroxylation sites is 1. The molecule has 6 heteroatoms. The molecule has 0 fully saturated rings. The molecule has 2 atom stereocenters. The quantitative estimate of drug-likeness (QED) is 0.586. The minimum Gasteiger partial charge on any atom is -0.481 e. The molecule has 1 aliphatic heterocycles. The zero-order valence-corrected chi connectivity index (χ0v) is 7.93. The Kier molecular flexibility index (Phi) is 2.34. The predicted octanol–water partition coefficient (Wildman–Crippen LogP) is 1.63. The number of hydrogen-bond donors (Lipinski definition) is 1. The molecule has 84 valence electrons. The third-order valence-electron chi connectivity index (χ3n) is 2.46. The molecule has 0 saturated heterocycles. The number of carboxylic acids is 1. The lowest BCUT2D eigenvalue weighted by atomic mass is 9.91. The van der Waals surface area contributed by atoms with E-state index in [4.69, 9.17) is 5.11 Å². The van der Waals surface area contributed by atoms with Gasteiger partial charge in [-0.05, 0) is 6.07 Å². The third kappa shape index (κ3) is 1.34. The second-order valence-electron chi connectivity index (χ2n) is 3.40. The van der Waals surface area contributed by atoms with Crippen LogP contribution in [0.25, 0.3) is 0 Å². The monoisotopic (exact) mass is 227 g/mol. The highest BCUT2D eigenvalue weighted by atomic mass is 19.2. The van der Waals surface area contributed by atoms with Gasteiger partial charge in [0.25, 0.3) is 5.91 Å². The second kappa shape index (κ2) is 3.55. The van der Waals surface area contributed by atoms with E-state index in [-0.39, 0.29) is 16.4 Å². The van der Waals surface area contributed by atoms with E-state index in [2.05, 4.69) is 0 Å². The Morgan fingerprint density at radius 1 is 1.38 bits per heavy atom. The second-order valence-corrected chi connectivity index (χ2v) is 3.40. The molecular formula is C10H7F2NO3. The summed E-state index contributed by atoms with van der Waals surface area (Å²) < 4.78 is 27.1. The lowest BCUT2D eigenvalue weighted by Gasteiger charge is -2.28. The highest BCUT2D eigenvalue weighted by Crippen LogP contribution is 2.40. The number of carbonyl (C=O) groups excluding carboxylic acids is 1. The Morgan fingerprint density at radius 2 is 2.00 bits per heavy atom. The molecule has 4 nitrogen and oxygen atoms in total. The maximum atomic E-state index is 13.7. The summed E-state index contributed by atoms with van der Waals surface area (Å²) in [5.41, 5.74) is -0.366. The number of carbonyl (C=O) groups is 2. The summed E-state index contributed by atoms with van der Waals surface area (Å²) in [6.07, 6.45) is -2.02. The maximum absolute atomic E-state index is 13.7. The number of aliphatic carboxylic acids is 1. The van der Waals surface area contributed by atoms with Gasteiger partial charge >= 0.3 is 5.97 Å². The summed E-state index contributed by atoms with van der Waals surface area (Å²) in [6, 6.07) is 5.37. The van der Waals surface area contributed by atoms with Crippen molar-refractivity contribution in [2.45, 2.75) is 6.17 Å². The Labute approximate surface area is 89.0 Å². The van der Waals surface area contributed by atoms with Crippen molar-refractivity contribution in [2.75, 3.05) is 5.12 Å². The highest BCUT2D eigenvalue weighted by Gasteiger charge is 2.45. The fraction of sp³-hybridized carbons (Fsp3) is 0.200. The van der Waals surface area contributed by atoms with E-state index in [0.717, 1.165) is 0 Å². The summed E-state index contributed by atoms with van der Waals surface area (Å²) in [5.74, 6) is -5.08. The average Bonchev–Trinajstić information content (AvgIpc) is 2.26. The molecule has 1 amide bonds. The number of benzene rings is 1. The van der Waals surface area contributed by atoms with Crippen molar-refractivity contribution in [1.29, 1.82) is 0 Å². The minimum atomic E-state index is -2.02. The van der Waals surface area contributed by atoms with Crippen molar-refractivity contribution in [3.8, 4) is 0 Å². The largest absolute Gasteiger partial charge is 0.481 e. The number of halogens is 2. The van der Waals surface area contributed by atoms with Crippen molar-refractivity contribution < 1.29 is 23.6 Å². The van der Waals surface area contributed by atoms with E-state index in [1.807, 2.05) is 0 Å². The molecule has 0 bridgehead atoms. The fourth-order valence-corrected chi connectivity index (χ4v) is 1.68. The van der Waals surface area contributed by atoms with E-state index in [9.17, 15) is 18.5 Å². The smallest absolute Gasteiger partial charge is 0.319 e. The SMILES string of the molecule is O=C(O)C1C(=O)N(F)c2ccccc2C1F. The van der Waals surface area contributed by atoms with E-state index < -0.39 is 24.0 Å². The average molecular weight is 227 g/mol. The van der Waals surface area contributed by atoms with Crippen LogP contribution in [-0.4, -0.2) is 17.0 Å². The van der Waals surface area contributed by atoms with Gasteiger partial charge in [0.2, 0.25) is 0 Å². The van der Waals surface area contributed by atoms with Crippen LogP contribution in [0.5, 0.6) is 0 Å². The van der Waals surface area contributed by atoms with Gasteiger partial charge in [-0.25, -0.2) is 4.39 Å². The number of carboxylic acid groups (broad SMARTS) is 1. The molecule has 2 unspecified atom stereocenters. The summed E-state index contributed by atoms with van der Waals surface area (Å²) in [5, 5.41) is 8.35. The first kappa shape index (κ1) is 10.5. The van der Waals surface area contributed by atoms with E-state index in [1.54, 1.807) is 0 Å². The van der Waals surface area contributed by atoms with Crippen LogP contribution in [0.15, 0.2) is 24.3 Å². The Morgan fingerprint density at radius 3 is 2.62 bits per heavy atom. The molecule has 1 heterocycles. The molecular weight excluding hydrogens is 220 g/mol. The zero-order chi connectivity index (χ0) is 11.9. The van der Waals surface area contributed by atoms with Crippen LogP contribution in [-0.2, 0) is 9.59 Å². The van der Waals surface area contributed by atoms with Gasteiger partial charge in [-0.1, -0.05) is 22.7 Å². The minimum absolute atomic E-state index is 0.128. The van der Waals surface area contributed by atoms with Gasteiger partial charge in [0.1, 0.15) is 6.17 Å². The molecule has 2 rings (SSSR count). The number of alkyl halides is 1. The molecule has 0 spiro atoms. The molecule has 0 aromatic heterocycles. The topological polar surface area (TPSA) is 57.6 Å². The summed E-state index contributed by atoms with van der Waals surface area (Å²) >= 11 is 0. The van der Waals surface area contributed by atoms with Crippen LogP contribution < -0.4 is 5.12 Å². The predicted molar refractivity (Wildman–Crippen MR) is 50.0 cm³/mol. The molecule has 1 N–H and O–H groups in total. The highest BCUT2D eigenvalue weighted by molar-refractivity contribution is 6.07. The first-order valence-corrected chi connectivity index (χ1v) is 4.49. The van der Waals surface area contributed by atoms with Crippen LogP contribution in [0, 0.1) is 5.92 Å². The standard InChI is InChI=1S/C10H7F2NO3/c11-8-5-3-1-2-4-6(5)13(12)9(14)7(8)10(15)16/h1-4,7-8H,(H,15,16). The van der Waals surface area contributed by atoms with Gasteiger partial charge in [-0.2, -0.15) is 0 Å². The van der Waals surface area contributed by atoms with Gasteiger partial charge in [-0.3, -0.25) is 9.59 Å². The fourth-order valence-electron chi connectivity index (χ4n) is 1.68. The molecule has 1 aromatic carbocycles. The van der Waals surface area contributed by atoms with Crippen LogP contribution >= 0.6 is 0 Å². The summed E-state index contributed by atoms with van der Waals surface area (Å²) in [7, 11) is 0. The molecule has 1 aliphatic rings.